The highest BCUT2D eigenvalue weighted by molar-refractivity contribution is 5.18. The van der Waals surface area contributed by atoms with Crippen molar-refractivity contribution in [2.45, 2.75) is 39.0 Å². The van der Waals surface area contributed by atoms with Crippen molar-refractivity contribution >= 4 is 0 Å². The smallest absolute Gasteiger partial charge is 0.128 e. The SMILES string of the molecule is CCc1nc(C)cc(C2CC2)n1. The maximum Gasteiger partial charge on any atom is 0.128 e. The lowest BCUT2D eigenvalue weighted by atomic mass is 10.2. The Morgan fingerprint density at radius 3 is 2.75 bits per heavy atom. The molecule has 0 atom stereocenters. The monoisotopic (exact) mass is 162 g/mol. The van der Waals surface area contributed by atoms with E-state index >= 15 is 0 Å². The average molecular weight is 162 g/mol. The van der Waals surface area contributed by atoms with E-state index in [1.165, 1.54) is 18.5 Å². The number of aromatic nitrogens is 2. The third kappa shape index (κ3) is 1.47. The molecule has 0 saturated heterocycles. The van der Waals surface area contributed by atoms with E-state index in [2.05, 4.69) is 23.0 Å². The molecule has 0 spiro atoms. The summed E-state index contributed by atoms with van der Waals surface area (Å²) < 4.78 is 0. The number of nitrogens with zero attached hydrogens (tertiary/aromatic N) is 2. The van der Waals surface area contributed by atoms with E-state index in [0.29, 0.717) is 0 Å². The van der Waals surface area contributed by atoms with Crippen LogP contribution < -0.4 is 0 Å². The Hall–Kier alpha value is -0.920. The second-order valence-corrected chi connectivity index (χ2v) is 3.48. The van der Waals surface area contributed by atoms with Gasteiger partial charge in [0.1, 0.15) is 5.82 Å². The molecule has 1 aromatic heterocycles. The van der Waals surface area contributed by atoms with E-state index in [0.717, 1.165) is 23.9 Å². The van der Waals surface area contributed by atoms with Gasteiger partial charge in [-0.3, -0.25) is 0 Å². The minimum absolute atomic E-state index is 0.747. The zero-order valence-electron chi connectivity index (χ0n) is 7.67. The molecule has 1 aromatic rings. The quantitative estimate of drug-likeness (QED) is 0.666. The van der Waals surface area contributed by atoms with Gasteiger partial charge in [0.05, 0.1) is 0 Å². The third-order valence-electron chi connectivity index (χ3n) is 2.23. The Morgan fingerprint density at radius 1 is 1.42 bits per heavy atom. The first-order chi connectivity index (χ1) is 5.79. The summed E-state index contributed by atoms with van der Waals surface area (Å²) in [4.78, 5) is 8.85. The molecule has 64 valence electrons. The van der Waals surface area contributed by atoms with Gasteiger partial charge in [0, 0.05) is 23.7 Å². The van der Waals surface area contributed by atoms with Crippen molar-refractivity contribution in [3.63, 3.8) is 0 Å². The molecule has 0 N–H and O–H groups in total. The highest BCUT2D eigenvalue weighted by atomic mass is 14.9. The Kier molecular flexibility index (Phi) is 1.83. The minimum atomic E-state index is 0.747. The van der Waals surface area contributed by atoms with Gasteiger partial charge in [-0.15, -0.1) is 0 Å². The van der Waals surface area contributed by atoms with Crippen LogP contribution in [-0.4, -0.2) is 9.97 Å². The van der Waals surface area contributed by atoms with Crippen LogP contribution in [0.5, 0.6) is 0 Å². The van der Waals surface area contributed by atoms with Crippen LogP contribution in [0.4, 0.5) is 0 Å². The first-order valence-corrected chi connectivity index (χ1v) is 4.64. The van der Waals surface area contributed by atoms with E-state index in [1.807, 2.05) is 6.92 Å². The van der Waals surface area contributed by atoms with Gasteiger partial charge in [-0.2, -0.15) is 0 Å². The van der Waals surface area contributed by atoms with Gasteiger partial charge in [0.2, 0.25) is 0 Å². The summed E-state index contributed by atoms with van der Waals surface area (Å²) >= 11 is 0. The summed E-state index contributed by atoms with van der Waals surface area (Å²) in [6.45, 7) is 4.15. The van der Waals surface area contributed by atoms with Crippen molar-refractivity contribution in [1.29, 1.82) is 0 Å². The molecule has 0 aliphatic heterocycles. The van der Waals surface area contributed by atoms with Gasteiger partial charge in [-0.05, 0) is 25.8 Å². The molecule has 1 heterocycles. The van der Waals surface area contributed by atoms with Crippen LogP contribution in [0.15, 0.2) is 6.07 Å². The Labute approximate surface area is 73.1 Å². The third-order valence-corrected chi connectivity index (χ3v) is 2.23. The minimum Gasteiger partial charge on any atom is -0.238 e. The van der Waals surface area contributed by atoms with Gasteiger partial charge < -0.3 is 0 Å². The van der Waals surface area contributed by atoms with E-state index in [9.17, 15) is 0 Å². The molecule has 2 rings (SSSR count). The second-order valence-electron chi connectivity index (χ2n) is 3.48. The molecule has 1 saturated carbocycles. The summed E-state index contributed by atoms with van der Waals surface area (Å²) in [5.41, 5.74) is 2.38. The lowest BCUT2D eigenvalue weighted by Crippen LogP contribution is -1.98. The molecule has 1 aliphatic carbocycles. The average Bonchev–Trinajstić information content (AvgIpc) is 2.85. The van der Waals surface area contributed by atoms with E-state index in [4.69, 9.17) is 0 Å². The van der Waals surface area contributed by atoms with Gasteiger partial charge in [0.15, 0.2) is 0 Å². The molecule has 1 aliphatic rings. The van der Waals surface area contributed by atoms with E-state index in [-0.39, 0.29) is 0 Å². The summed E-state index contributed by atoms with van der Waals surface area (Å²) in [5.74, 6) is 1.74. The van der Waals surface area contributed by atoms with Crippen molar-refractivity contribution in [1.82, 2.24) is 9.97 Å². The predicted octanol–water partition coefficient (Wildman–Crippen LogP) is 2.22. The highest BCUT2D eigenvalue weighted by Crippen LogP contribution is 2.38. The fourth-order valence-electron chi connectivity index (χ4n) is 1.40. The Bertz CT molecular complexity index is 290. The van der Waals surface area contributed by atoms with E-state index in [1.54, 1.807) is 0 Å². The van der Waals surface area contributed by atoms with Gasteiger partial charge in [-0.25, -0.2) is 9.97 Å². The fourth-order valence-corrected chi connectivity index (χ4v) is 1.40. The van der Waals surface area contributed by atoms with Gasteiger partial charge >= 0.3 is 0 Å². The molecule has 0 amide bonds. The summed E-state index contributed by atoms with van der Waals surface area (Å²) in [6, 6.07) is 2.12. The lowest BCUT2D eigenvalue weighted by Gasteiger charge is -2.02. The molecule has 1 fully saturated rings. The first-order valence-electron chi connectivity index (χ1n) is 4.64. The summed E-state index contributed by atoms with van der Waals surface area (Å²) in [5, 5.41) is 0. The summed E-state index contributed by atoms with van der Waals surface area (Å²) in [6.07, 6.45) is 3.58. The largest absolute Gasteiger partial charge is 0.238 e. The van der Waals surface area contributed by atoms with Gasteiger partial charge in [-0.1, -0.05) is 6.92 Å². The molecule has 0 aromatic carbocycles. The lowest BCUT2D eigenvalue weighted by molar-refractivity contribution is 0.864. The molecule has 0 unspecified atom stereocenters. The van der Waals surface area contributed by atoms with Crippen LogP contribution >= 0.6 is 0 Å². The van der Waals surface area contributed by atoms with E-state index < -0.39 is 0 Å². The maximum absolute atomic E-state index is 4.50. The van der Waals surface area contributed by atoms with Crippen molar-refractivity contribution in [2.75, 3.05) is 0 Å². The van der Waals surface area contributed by atoms with Crippen LogP contribution in [0.3, 0.4) is 0 Å². The van der Waals surface area contributed by atoms with Crippen LogP contribution in [0.1, 0.15) is 42.9 Å². The Balaban J connectivity index is 2.34. The molecular weight excluding hydrogens is 148 g/mol. The number of aryl methyl sites for hydroxylation is 2. The maximum atomic E-state index is 4.50. The molecular formula is C10H14N2. The number of hydrogen-bond acceptors (Lipinski definition) is 2. The predicted molar refractivity (Wildman–Crippen MR) is 48.1 cm³/mol. The standard InChI is InChI=1S/C10H14N2/c1-3-10-11-7(2)6-9(12-10)8-4-5-8/h6,8H,3-5H2,1-2H3. The highest BCUT2D eigenvalue weighted by Gasteiger charge is 2.25. The second kappa shape index (κ2) is 2.85. The van der Waals surface area contributed by atoms with Crippen molar-refractivity contribution < 1.29 is 0 Å². The summed E-state index contributed by atoms with van der Waals surface area (Å²) in [7, 11) is 0. The van der Waals surface area contributed by atoms with Crippen LogP contribution in [0.25, 0.3) is 0 Å². The zero-order chi connectivity index (χ0) is 8.55. The normalized spacial score (nSPS) is 16.5. The Morgan fingerprint density at radius 2 is 2.17 bits per heavy atom. The molecule has 12 heavy (non-hydrogen) atoms. The van der Waals surface area contributed by atoms with Crippen LogP contribution in [0, 0.1) is 6.92 Å². The van der Waals surface area contributed by atoms with Crippen LogP contribution in [0.2, 0.25) is 0 Å². The molecule has 2 heteroatoms. The fraction of sp³-hybridized carbons (Fsp3) is 0.600. The van der Waals surface area contributed by atoms with Crippen LogP contribution in [-0.2, 0) is 6.42 Å². The number of rotatable bonds is 2. The molecule has 0 bridgehead atoms. The number of hydrogen-bond donors (Lipinski definition) is 0. The first kappa shape index (κ1) is 7.71. The van der Waals surface area contributed by atoms with Crippen molar-refractivity contribution in [2.24, 2.45) is 0 Å². The topological polar surface area (TPSA) is 25.8 Å². The molecule has 2 nitrogen and oxygen atoms in total. The van der Waals surface area contributed by atoms with Crippen molar-refractivity contribution in [3.05, 3.63) is 23.3 Å². The van der Waals surface area contributed by atoms with Gasteiger partial charge in [0.25, 0.3) is 0 Å². The zero-order valence-corrected chi connectivity index (χ0v) is 7.67. The molecule has 0 radical (unpaired) electrons. The van der Waals surface area contributed by atoms with Crippen molar-refractivity contribution in [3.8, 4) is 0 Å².